The quantitative estimate of drug-likeness (QED) is 0.709. The van der Waals surface area contributed by atoms with Crippen LogP contribution in [0.25, 0.3) is 0 Å². The van der Waals surface area contributed by atoms with Gasteiger partial charge in [0.15, 0.2) is 0 Å². The van der Waals surface area contributed by atoms with E-state index in [9.17, 15) is 0 Å². The van der Waals surface area contributed by atoms with E-state index in [1.807, 2.05) is 18.3 Å². The van der Waals surface area contributed by atoms with E-state index in [1.54, 1.807) is 0 Å². The maximum absolute atomic E-state index is 4.45. The van der Waals surface area contributed by atoms with Gasteiger partial charge in [-0.3, -0.25) is 4.98 Å². The molecule has 16 heavy (non-hydrogen) atoms. The van der Waals surface area contributed by atoms with Crippen molar-refractivity contribution in [3.63, 3.8) is 0 Å². The number of hydrogen-bond donors (Lipinski definition) is 1. The fourth-order valence-corrected chi connectivity index (χ4v) is 1.71. The number of hydrogen-bond acceptors (Lipinski definition) is 2. The van der Waals surface area contributed by atoms with Gasteiger partial charge in [0.2, 0.25) is 0 Å². The Labute approximate surface area is 98.8 Å². The van der Waals surface area contributed by atoms with Crippen molar-refractivity contribution in [1.82, 2.24) is 10.3 Å². The second-order valence-electron chi connectivity index (χ2n) is 4.13. The Morgan fingerprint density at radius 3 is 3.00 bits per heavy atom. The van der Waals surface area contributed by atoms with E-state index >= 15 is 0 Å². The van der Waals surface area contributed by atoms with Crippen molar-refractivity contribution in [1.29, 1.82) is 0 Å². The Hall–Kier alpha value is -1.15. The number of allylic oxidation sites excluding steroid dienone is 1. The molecular formula is C14H22N2. The molecule has 1 atom stereocenters. The molecule has 0 aliphatic carbocycles. The van der Waals surface area contributed by atoms with Gasteiger partial charge in [0.1, 0.15) is 0 Å². The molecule has 0 aromatic carbocycles. The average Bonchev–Trinajstić information content (AvgIpc) is 2.29. The molecule has 1 heterocycles. The minimum absolute atomic E-state index is 0.359. The Balaban J connectivity index is 2.69. The SMILES string of the molecule is C=CCCC(NCCC)c1cc(C)ccn1. The summed E-state index contributed by atoms with van der Waals surface area (Å²) in [5.41, 5.74) is 2.42. The van der Waals surface area contributed by atoms with Gasteiger partial charge < -0.3 is 5.32 Å². The molecule has 0 radical (unpaired) electrons. The van der Waals surface area contributed by atoms with Crippen LogP contribution in [0.4, 0.5) is 0 Å². The van der Waals surface area contributed by atoms with Crippen molar-refractivity contribution >= 4 is 0 Å². The molecule has 0 aliphatic rings. The third kappa shape index (κ3) is 4.15. The van der Waals surface area contributed by atoms with E-state index in [-0.39, 0.29) is 0 Å². The molecule has 0 amide bonds. The van der Waals surface area contributed by atoms with Gasteiger partial charge in [-0.05, 0) is 50.4 Å². The van der Waals surface area contributed by atoms with Crippen molar-refractivity contribution in [3.05, 3.63) is 42.2 Å². The number of nitrogens with one attached hydrogen (secondary N) is 1. The Morgan fingerprint density at radius 1 is 1.56 bits per heavy atom. The van der Waals surface area contributed by atoms with E-state index < -0.39 is 0 Å². The normalized spacial score (nSPS) is 12.4. The highest BCUT2D eigenvalue weighted by atomic mass is 14.9. The second kappa shape index (κ2) is 7.18. The van der Waals surface area contributed by atoms with Crippen LogP contribution >= 0.6 is 0 Å². The zero-order valence-electron chi connectivity index (χ0n) is 10.4. The van der Waals surface area contributed by atoms with Crippen molar-refractivity contribution < 1.29 is 0 Å². The smallest absolute Gasteiger partial charge is 0.0575 e. The van der Waals surface area contributed by atoms with Crippen LogP contribution < -0.4 is 5.32 Å². The van der Waals surface area contributed by atoms with Gasteiger partial charge in [0, 0.05) is 12.2 Å². The van der Waals surface area contributed by atoms with Crippen LogP contribution in [0, 0.1) is 6.92 Å². The van der Waals surface area contributed by atoms with E-state index in [1.165, 1.54) is 5.56 Å². The molecule has 1 rings (SSSR count). The highest BCUT2D eigenvalue weighted by molar-refractivity contribution is 5.17. The standard InChI is InChI=1S/C14H22N2/c1-4-6-7-13(15-9-5-2)14-11-12(3)8-10-16-14/h4,8,10-11,13,15H,1,5-7,9H2,2-3H3. The van der Waals surface area contributed by atoms with E-state index in [4.69, 9.17) is 0 Å². The van der Waals surface area contributed by atoms with Gasteiger partial charge in [0.25, 0.3) is 0 Å². The summed E-state index contributed by atoms with van der Waals surface area (Å²) in [5.74, 6) is 0. The maximum Gasteiger partial charge on any atom is 0.0575 e. The first-order valence-electron chi connectivity index (χ1n) is 6.04. The Morgan fingerprint density at radius 2 is 2.38 bits per heavy atom. The fourth-order valence-electron chi connectivity index (χ4n) is 1.71. The summed E-state index contributed by atoms with van der Waals surface area (Å²) in [4.78, 5) is 4.45. The Bertz CT molecular complexity index is 320. The molecule has 0 saturated carbocycles. The largest absolute Gasteiger partial charge is 0.309 e. The lowest BCUT2D eigenvalue weighted by Gasteiger charge is -2.17. The van der Waals surface area contributed by atoms with Gasteiger partial charge in [-0.15, -0.1) is 6.58 Å². The minimum Gasteiger partial charge on any atom is -0.309 e. The third-order valence-electron chi connectivity index (χ3n) is 2.59. The lowest BCUT2D eigenvalue weighted by Crippen LogP contribution is -2.23. The van der Waals surface area contributed by atoms with Crippen molar-refractivity contribution in [3.8, 4) is 0 Å². The Kier molecular flexibility index (Phi) is 5.79. The van der Waals surface area contributed by atoms with Crippen LogP contribution in [-0.4, -0.2) is 11.5 Å². The molecule has 0 spiro atoms. The first kappa shape index (κ1) is 12.9. The van der Waals surface area contributed by atoms with Crippen LogP contribution in [0.1, 0.15) is 43.5 Å². The third-order valence-corrected chi connectivity index (χ3v) is 2.59. The highest BCUT2D eigenvalue weighted by Crippen LogP contribution is 2.17. The zero-order chi connectivity index (χ0) is 11.8. The van der Waals surface area contributed by atoms with Crippen molar-refractivity contribution in [2.45, 2.75) is 39.2 Å². The van der Waals surface area contributed by atoms with Crippen LogP contribution in [0.2, 0.25) is 0 Å². The summed E-state index contributed by atoms with van der Waals surface area (Å²) in [6.07, 6.45) is 7.10. The summed E-state index contributed by atoms with van der Waals surface area (Å²) in [5, 5.41) is 3.54. The van der Waals surface area contributed by atoms with Gasteiger partial charge >= 0.3 is 0 Å². The van der Waals surface area contributed by atoms with Gasteiger partial charge in [-0.2, -0.15) is 0 Å². The lowest BCUT2D eigenvalue weighted by atomic mass is 10.1. The predicted octanol–water partition coefficient (Wildman–Crippen LogP) is 3.40. The van der Waals surface area contributed by atoms with Crippen LogP contribution in [-0.2, 0) is 0 Å². The summed E-state index contributed by atoms with van der Waals surface area (Å²) in [6.45, 7) is 9.10. The molecule has 0 fully saturated rings. The molecule has 1 N–H and O–H groups in total. The van der Waals surface area contributed by atoms with Crippen LogP contribution in [0.15, 0.2) is 31.0 Å². The molecular weight excluding hydrogens is 196 g/mol. The minimum atomic E-state index is 0.359. The van der Waals surface area contributed by atoms with E-state index in [0.29, 0.717) is 6.04 Å². The predicted molar refractivity (Wildman–Crippen MR) is 69.4 cm³/mol. The van der Waals surface area contributed by atoms with Gasteiger partial charge in [-0.1, -0.05) is 13.0 Å². The molecule has 0 aliphatic heterocycles. The maximum atomic E-state index is 4.45. The lowest BCUT2D eigenvalue weighted by molar-refractivity contribution is 0.492. The molecule has 2 nitrogen and oxygen atoms in total. The molecule has 88 valence electrons. The van der Waals surface area contributed by atoms with Crippen LogP contribution in [0.3, 0.4) is 0 Å². The number of aryl methyl sites for hydroxylation is 1. The van der Waals surface area contributed by atoms with Crippen molar-refractivity contribution in [2.75, 3.05) is 6.54 Å². The molecule has 1 aromatic heterocycles. The highest BCUT2D eigenvalue weighted by Gasteiger charge is 2.10. The fraction of sp³-hybridized carbons (Fsp3) is 0.500. The van der Waals surface area contributed by atoms with E-state index in [0.717, 1.165) is 31.5 Å². The number of nitrogens with zero attached hydrogens (tertiary/aromatic N) is 1. The molecule has 2 heteroatoms. The van der Waals surface area contributed by atoms with Gasteiger partial charge in [-0.25, -0.2) is 0 Å². The number of rotatable bonds is 7. The summed E-state index contributed by atoms with van der Waals surface area (Å²) in [6, 6.07) is 4.56. The summed E-state index contributed by atoms with van der Waals surface area (Å²) < 4.78 is 0. The topological polar surface area (TPSA) is 24.9 Å². The first-order valence-corrected chi connectivity index (χ1v) is 6.04. The monoisotopic (exact) mass is 218 g/mol. The average molecular weight is 218 g/mol. The summed E-state index contributed by atoms with van der Waals surface area (Å²) in [7, 11) is 0. The number of aromatic nitrogens is 1. The molecule has 1 unspecified atom stereocenters. The van der Waals surface area contributed by atoms with Crippen molar-refractivity contribution in [2.24, 2.45) is 0 Å². The first-order chi connectivity index (χ1) is 7.77. The van der Waals surface area contributed by atoms with Gasteiger partial charge in [0.05, 0.1) is 5.69 Å². The molecule has 0 bridgehead atoms. The number of pyridine rings is 1. The van der Waals surface area contributed by atoms with Crippen LogP contribution in [0.5, 0.6) is 0 Å². The second-order valence-corrected chi connectivity index (χ2v) is 4.13. The molecule has 1 aromatic rings. The molecule has 0 saturated heterocycles. The zero-order valence-corrected chi connectivity index (χ0v) is 10.4. The van der Waals surface area contributed by atoms with E-state index in [2.05, 4.69) is 36.8 Å². The summed E-state index contributed by atoms with van der Waals surface area (Å²) >= 11 is 0.